The second-order valence-corrected chi connectivity index (χ2v) is 19.7. The first-order valence-corrected chi connectivity index (χ1v) is 24.6. The number of nitrogens with one attached hydrogen (secondary N) is 2. The number of carbonyl (C=O) groups is 3. The molecule has 35 nitrogen and oxygen atoms in total. The smallest absolute Gasteiger partial charge is 0.364 e. The average molecular weight is 1150 g/mol. The van der Waals surface area contributed by atoms with Crippen LogP contribution in [0.5, 0.6) is 0 Å². The lowest BCUT2D eigenvalue weighted by atomic mass is 9.88. The molecule has 6 heterocycles. The van der Waals surface area contributed by atoms with Gasteiger partial charge in [-0.2, -0.15) is 0 Å². The van der Waals surface area contributed by atoms with E-state index in [1.165, 1.54) is 6.92 Å². The molecule has 0 bridgehead atoms. The van der Waals surface area contributed by atoms with E-state index < -0.39 is 247 Å². The van der Waals surface area contributed by atoms with Gasteiger partial charge in [0, 0.05) is 20.3 Å². The van der Waals surface area contributed by atoms with Crippen molar-refractivity contribution in [1.82, 2.24) is 10.6 Å². The number of aliphatic hydroxyl groups is 18. The minimum atomic E-state index is -2.99. The summed E-state index contributed by atoms with van der Waals surface area (Å²) in [6.07, 6.45) is -56.0. The number of carbonyl (C=O) groups excluding carboxylic acids is 2. The molecule has 21 N–H and O–H groups in total. The molecule has 78 heavy (non-hydrogen) atoms. The van der Waals surface area contributed by atoms with E-state index in [-0.39, 0.29) is 0 Å². The van der Waals surface area contributed by atoms with Crippen LogP contribution in [0, 0.1) is 0 Å². The Bertz CT molecular complexity index is 1950. The molecule has 0 radical (unpaired) electrons. The van der Waals surface area contributed by atoms with Crippen molar-refractivity contribution in [2.75, 3.05) is 33.0 Å². The van der Waals surface area contributed by atoms with Crippen LogP contribution in [-0.4, -0.2) is 338 Å². The summed E-state index contributed by atoms with van der Waals surface area (Å²) in [6.45, 7) is -2.10. The second-order valence-electron chi connectivity index (χ2n) is 19.7. The number of hydrogen-bond acceptors (Lipinski definition) is 32. The Morgan fingerprint density at radius 2 is 1.04 bits per heavy atom. The van der Waals surface area contributed by atoms with E-state index in [2.05, 4.69) is 10.6 Å². The van der Waals surface area contributed by atoms with E-state index in [0.29, 0.717) is 0 Å². The first-order chi connectivity index (χ1) is 36.6. The van der Waals surface area contributed by atoms with Crippen molar-refractivity contribution in [2.24, 2.45) is 0 Å². The molecule has 0 aromatic heterocycles. The quantitative estimate of drug-likeness (QED) is 0.0538. The molecule has 31 atom stereocenters. The van der Waals surface area contributed by atoms with Gasteiger partial charge in [0.2, 0.25) is 11.8 Å². The highest BCUT2D eigenvalue weighted by atomic mass is 16.8. The van der Waals surface area contributed by atoms with Crippen molar-refractivity contribution in [3.8, 4) is 0 Å². The first kappa shape index (κ1) is 64.4. The Kier molecular flexibility index (Phi) is 22.4. The number of carboxylic acid groups (broad SMARTS) is 1. The predicted molar refractivity (Wildman–Crippen MR) is 238 cm³/mol. The molecule has 0 aromatic carbocycles. The number of rotatable bonds is 20. The van der Waals surface area contributed by atoms with Crippen molar-refractivity contribution in [2.45, 2.75) is 217 Å². The molecule has 0 spiro atoms. The fraction of sp³-hybridized carbons (Fsp3) is 0.930. The van der Waals surface area contributed by atoms with E-state index >= 15 is 0 Å². The third-order valence-corrected chi connectivity index (χ3v) is 14.2. The average Bonchev–Trinajstić information content (AvgIpc) is 3.46. The van der Waals surface area contributed by atoms with Crippen LogP contribution in [0.25, 0.3) is 0 Å². The molecule has 0 aliphatic carbocycles. The lowest BCUT2D eigenvalue weighted by molar-refractivity contribution is -0.392. The fourth-order valence-electron chi connectivity index (χ4n) is 9.85. The maximum atomic E-state index is 12.8. The van der Waals surface area contributed by atoms with Crippen LogP contribution in [0.2, 0.25) is 0 Å². The molecule has 6 fully saturated rings. The summed E-state index contributed by atoms with van der Waals surface area (Å²) in [5, 5.41) is 208. The van der Waals surface area contributed by atoms with Crippen LogP contribution < -0.4 is 10.6 Å². The minimum absolute atomic E-state index is 0.789. The van der Waals surface area contributed by atoms with Gasteiger partial charge in [0.15, 0.2) is 31.5 Å². The summed E-state index contributed by atoms with van der Waals surface area (Å²) in [7, 11) is 0. The Hall–Kier alpha value is -2.75. The van der Waals surface area contributed by atoms with Crippen LogP contribution in [0.4, 0.5) is 0 Å². The third kappa shape index (κ3) is 13.7. The van der Waals surface area contributed by atoms with Crippen molar-refractivity contribution in [1.29, 1.82) is 0 Å². The lowest BCUT2D eigenvalue weighted by Gasteiger charge is -2.50. The molecule has 6 aliphatic rings. The fourth-order valence-corrected chi connectivity index (χ4v) is 9.85. The summed E-state index contributed by atoms with van der Waals surface area (Å²) < 4.78 is 62.5. The first-order valence-electron chi connectivity index (χ1n) is 24.6. The molecular weight excluding hydrogens is 1070 g/mol. The second kappa shape index (κ2) is 27.1. The molecule has 2 amide bonds. The van der Waals surface area contributed by atoms with Crippen LogP contribution in [0.3, 0.4) is 0 Å². The van der Waals surface area contributed by atoms with Crippen LogP contribution in [0.15, 0.2) is 0 Å². The van der Waals surface area contributed by atoms with Gasteiger partial charge in [0.25, 0.3) is 5.79 Å². The summed E-state index contributed by atoms with van der Waals surface area (Å²) in [5.41, 5.74) is 0. The summed E-state index contributed by atoms with van der Waals surface area (Å²) in [6, 6.07) is -3.45. The highest BCUT2D eigenvalue weighted by Gasteiger charge is 2.59. The lowest BCUT2D eigenvalue weighted by Crippen LogP contribution is -2.70. The summed E-state index contributed by atoms with van der Waals surface area (Å²) in [4.78, 5) is 37.4. The highest BCUT2D eigenvalue weighted by Crippen LogP contribution is 2.38. The number of aliphatic hydroxyl groups excluding tert-OH is 18. The summed E-state index contributed by atoms with van der Waals surface area (Å²) >= 11 is 0. The Morgan fingerprint density at radius 3 is 1.62 bits per heavy atom. The monoisotopic (exact) mass is 1140 g/mol. The van der Waals surface area contributed by atoms with Gasteiger partial charge in [0.05, 0.1) is 51.3 Å². The van der Waals surface area contributed by atoms with Gasteiger partial charge in [-0.15, -0.1) is 0 Å². The van der Waals surface area contributed by atoms with E-state index in [1.807, 2.05) is 0 Å². The largest absolute Gasteiger partial charge is 0.477 e. The summed E-state index contributed by atoms with van der Waals surface area (Å²) in [5.74, 6) is -6.65. The van der Waals surface area contributed by atoms with Crippen LogP contribution in [-0.2, 0) is 66.5 Å². The predicted octanol–water partition coefficient (Wildman–Crippen LogP) is -13.6. The van der Waals surface area contributed by atoms with E-state index in [0.717, 1.165) is 13.8 Å². The van der Waals surface area contributed by atoms with Gasteiger partial charge in [0.1, 0.15) is 134 Å². The van der Waals surface area contributed by atoms with Gasteiger partial charge in [-0.3, -0.25) is 9.59 Å². The molecule has 0 saturated carbocycles. The number of hydrogen-bond donors (Lipinski definition) is 21. The van der Waals surface area contributed by atoms with E-state index in [4.69, 9.17) is 52.1 Å². The number of ether oxygens (including phenoxy) is 11. The van der Waals surface area contributed by atoms with E-state index in [9.17, 15) is 111 Å². The highest BCUT2D eigenvalue weighted by molar-refractivity contribution is 5.76. The standard InChI is InChI=1S/C43H72N2O33/c1-10-21(54)26(59)28(61)39(69-10)77-36-30(63)37(65)70-17(8-49)33(36)75-41-31(64)35(24(57)15(6-47)71-41)76-38-20(45-12(3)51)25(58)32(16(7-48)72-38)74-40-29(62)27(60)23(56)18(73-40)9-68-43(42(66)67)4-13(52)19(44-11(2)50)34(78-43)22(55)14(53)5-46/h10,13-41,46-49,52-65H,4-9H2,1-3H3,(H,44,50)(H,45,51)(H,66,67)/t10-,13-,14+,15+,16+,17+,18+,19+,20+,21+,22+,23-,24-,25+,26+,27-,28-,29+,30+,31+,32+,33+,34+,35-,36+,37?,38-,39-,40-,41-,43+/m0/s1. The minimum Gasteiger partial charge on any atom is -0.477 e. The van der Waals surface area contributed by atoms with Gasteiger partial charge < -0.3 is 160 Å². The van der Waals surface area contributed by atoms with Gasteiger partial charge in [-0.25, -0.2) is 4.79 Å². The Balaban J connectivity index is 1.20. The molecule has 452 valence electrons. The topological polar surface area (TPSA) is 561 Å². The normalized spacial score (nSPS) is 48.1. The third-order valence-electron chi connectivity index (χ3n) is 14.2. The van der Waals surface area contributed by atoms with Crippen LogP contribution in [0.1, 0.15) is 27.2 Å². The van der Waals surface area contributed by atoms with Crippen LogP contribution >= 0.6 is 0 Å². The Morgan fingerprint density at radius 1 is 0.538 bits per heavy atom. The van der Waals surface area contributed by atoms with Gasteiger partial charge in [-0.1, -0.05) is 0 Å². The molecule has 1 unspecified atom stereocenters. The number of aliphatic carboxylic acids is 1. The zero-order chi connectivity index (χ0) is 58.0. The zero-order valence-corrected chi connectivity index (χ0v) is 41.8. The van der Waals surface area contributed by atoms with E-state index in [1.54, 1.807) is 0 Å². The Labute approximate surface area is 441 Å². The zero-order valence-electron chi connectivity index (χ0n) is 41.8. The van der Waals surface area contributed by atoms with Crippen molar-refractivity contribution < 1.29 is 164 Å². The molecule has 0 aromatic rings. The van der Waals surface area contributed by atoms with Crippen molar-refractivity contribution in [3.63, 3.8) is 0 Å². The number of amides is 2. The van der Waals surface area contributed by atoms with Crippen molar-refractivity contribution >= 4 is 17.8 Å². The van der Waals surface area contributed by atoms with Gasteiger partial charge in [-0.05, 0) is 6.92 Å². The molecule has 35 heteroatoms. The molecule has 6 rings (SSSR count). The maximum absolute atomic E-state index is 12.8. The maximum Gasteiger partial charge on any atom is 0.364 e. The molecule has 6 saturated heterocycles. The number of carboxylic acids is 1. The van der Waals surface area contributed by atoms with Gasteiger partial charge >= 0.3 is 5.97 Å². The molecule has 6 aliphatic heterocycles. The molecular formula is C43H72N2O33. The van der Waals surface area contributed by atoms with Crippen molar-refractivity contribution in [3.05, 3.63) is 0 Å². The SMILES string of the molecule is CC(=O)N[C@H]1[C@H](O[C@H]2[C@@H](O)[C@@H](CO)O[C@@H](O[C@H]3[C@H](O[C@@H]4O[C@@H](C)[C@@H](O)[C@@H](O)[C@@H]4O)[C@@H](O)C(O)O[C@@H]3CO)[C@@H]2O)O[C@H](CO)[C@@H](O[C@@H]2O[C@H](CO[C@]3(C(=O)O)C[C@H](O)[C@@H](NC(C)=O)[C@H]([C@H](O)[C@H](O)CO)O3)[C@H](O)[C@H](O)[C@H]2O)[C@@H]1O.